The smallest absolute Gasteiger partial charge is 0.332 e. The fraction of sp³-hybridized carbons (Fsp3) is 0.348. The van der Waals surface area contributed by atoms with E-state index < -0.39 is 35.8 Å². The molecule has 4 aromatic carbocycles. The zero-order valence-corrected chi connectivity index (χ0v) is 34.5. The molecule has 9 nitrogen and oxygen atoms in total. The van der Waals surface area contributed by atoms with Crippen molar-refractivity contribution in [3.8, 4) is 17.0 Å². The molecule has 1 aliphatic heterocycles. The minimum absolute atomic E-state index is 0.0217. The van der Waals surface area contributed by atoms with Crippen LogP contribution in [0.5, 0.6) is 5.75 Å². The first-order valence-corrected chi connectivity index (χ1v) is 19.6. The first-order chi connectivity index (χ1) is 26.6. The number of rotatable bonds is 13. The molecule has 4 amide bonds. The summed E-state index contributed by atoms with van der Waals surface area (Å²) >= 11 is 6.66. The lowest BCUT2D eigenvalue weighted by Gasteiger charge is -2.31. The Morgan fingerprint density at radius 3 is 2.16 bits per heavy atom. The van der Waals surface area contributed by atoms with Crippen molar-refractivity contribution in [1.82, 2.24) is 9.47 Å². The van der Waals surface area contributed by atoms with Gasteiger partial charge < -0.3 is 19.5 Å². The number of urea groups is 1. The molecule has 1 fully saturated rings. The normalized spacial score (nSPS) is 15.4. The number of hydrogen-bond donors (Lipinski definition) is 1. The van der Waals surface area contributed by atoms with E-state index in [-0.39, 0.29) is 21.5 Å². The van der Waals surface area contributed by atoms with Crippen molar-refractivity contribution in [2.75, 3.05) is 17.3 Å². The molecule has 10 heteroatoms. The Labute approximate surface area is 334 Å². The lowest BCUT2D eigenvalue weighted by atomic mass is 9.76. The first-order valence-electron chi connectivity index (χ1n) is 19.3. The van der Waals surface area contributed by atoms with Gasteiger partial charge in [-0.05, 0) is 71.6 Å². The van der Waals surface area contributed by atoms with Crippen molar-refractivity contribution in [2.24, 2.45) is 7.05 Å². The third-order valence-electron chi connectivity index (χ3n) is 11.6. The van der Waals surface area contributed by atoms with E-state index in [2.05, 4.69) is 59.0 Å². The number of para-hydroxylation sites is 1. The number of hydrogen-bond acceptors (Lipinski definition) is 5. The Hall–Kier alpha value is -5.41. The molecule has 0 bridgehead atoms. The van der Waals surface area contributed by atoms with Gasteiger partial charge in [0.1, 0.15) is 5.75 Å². The number of nitrogens with zero attached hydrogens (tertiary/aromatic N) is 3. The molecule has 2 atom stereocenters. The molecule has 0 spiro atoms. The van der Waals surface area contributed by atoms with Crippen LogP contribution in [-0.4, -0.2) is 52.3 Å². The topological polar surface area (TPSA) is 101 Å². The molecule has 2 unspecified atom stereocenters. The van der Waals surface area contributed by atoms with E-state index in [4.69, 9.17) is 16.3 Å². The van der Waals surface area contributed by atoms with Crippen LogP contribution in [0.1, 0.15) is 89.2 Å². The SMILES string of the molecule is CCC(Oc1ccc(C(C)(C)CC)cc1C(C)(C)CC)C(=O)Nc1ccc(Cl)c(N2C(=O)C(C(=O)c3c(-c4ccccc4)n(C)c4ccccc34)N(C)C2=O)c1. The van der Waals surface area contributed by atoms with E-state index in [1.54, 1.807) is 6.07 Å². The number of anilines is 2. The van der Waals surface area contributed by atoms with Gasteiger partial charge in [0.25, 0.3) is 11.8 Å². The molecule has 1 saturated heterocycles. The molecule has 1 aliphatic rings. The van der Waals surface area contributed by atoms with Crippen LogP contribution >= 0.6 is 11.6 Å². The molecule has 5 aromatic rings. The van der Waals surface area contributed by atoms with E-state index in [0.717, 1.165) is 39.3 Å². The zero-order chi connectivity index (χ0) is 40.7. The summed E-state index contributed by atoms with van der Waals surface area (Å²) in [4.78, 5) is 58.7. The van der Waals surface area contributed by atoms with Gasteiger partial charge >= 0.3 is 6.03 Å². The van der Waals surface area contributed by atoms with Gasteiger partial charge in [0, 0.05) is 36.2 Å². The summed E-state index contributed by atoms with van der Waals surface area (Å²) < 4.78 is 8.41. The Bertz CT molecular complexity index is 2330. The van der Waals surface area contributed by atoms with Crippen molar-refractivity contribution < 1.29 is 23.9 Å². The van der Waals surface area contributed by atoms with E-state index >= 15 is 0 Å². The van der Waals surface area contributed by atoms with Gasteiger partial charge in [-0.3, -0.25) is 14.4 Å². The number of aromatic nitrogens is 1. The number of amides is 4. The van der Waals surface area contributed by atoms with Crippen molar-refractivity contribution in [1.29, 1.82) is 0 Å². The number of carbonyl (C=O) groups excluding carboxylic acids is 4. The lowest BCUT2D eigenvalue weighted by molar-refractivity contribution is -0.123. The second-order valence-corrected chi connectivity index (χ2v) is 16.3. The van der Waals surface area contributed by atoms with Gasteiger partial charge in [-0.1, -0.05) is 121 Å². The number of halogens is 1. The van der Waals surface area contributed by atoms with Crippen LogP contribution in [0.25, 0.3) is 22.2 Å². The number of benzene rings is 4. The van der Waals surface area contributed by atoms with E-state index in [0.29, 0.717) is 34.5 Å². The van der Waals surface area contributed by atoms with Gasteiger partial charge in [0.2, 0.25) is 0 Å². The predicted octanol–water partition coefficient (Wildman–Crippen LogP) is 10.3. The van der Waals surface area contributed by atoms with Crippen molar-refractivity contribution in [3.63, 3.8) is 0 Å². The Morgan fingerprint density at radius 2 is 1.50 bits per heavy atom. The molecule has 292 valence electrons. The summed E-state index contributed by atoms with van der Waals surface area (Å²) in [7, 11) is 3.31. The maximum atomic E-state index is 14.6. The van der Waals surface area contributed by atoms with Gasteiger partial charge in [0.05, 0.1) is 22.0 Å². The third-order valence-corrected chi connectivity index (χ3v) is 11.9. The number of ether oxygens (including phenoxy) is 1. The number of Topliss-reactive ketones (excluding diaryl/α,β-unsaturated/α-hetero) is 1. The summed E-state index contributed by atoms with van der Waals surface area (Å²) in [6, 6.07) is 25.7. The lowest BCUT2D eigenvalue weighted by Crippen LogP contribution is -2.39. The number of ketones is 1. The Balaban J connectivity index is 1.29. The van der Waals surface area contributed by atoms with E-state index in [1.807, 2.05) is 79.2 Å². The Morgan fingerprint density at radius 1 is 0.839 bits per heavy atom. The minimum Gasteiger partial charge on any atom is -0.480 e. The summed E-state index contributed by atoms with van der Waals surface area (Å²) in [5.74, 6) is -0.993. The molecule has 0 saturated carbocycles. The maximum absolute atomic E-state index is 14.6. The van der Waals surface area contributed by atoms with Crippen LogP contribution in [-0.2, 0) is 27.5 Å². The quantitative estimate of drug-likeness (QED) is 0.0729. The van der Waals surface area contributed by atoms with E-state index in [9.17, 15) is 19.2 Å². The summed E-state index contributed by atoms with van der Waals surface area (Å²) in [5, 5.41) is 3.69. The first kappa shape index (κ1) is 40.3. The predicted molar refractivity (Wildman–Crippen MR) is 225 cm³/mol. The highest BCUT2D eigenvalue weighted by Crippen LogP contribution is 2.41. The molecule has 1 N–H and O–H groups in total. The average molecular weight is 775 g/mol. The Kier molecular flexibility index (Phi) is 11.2. The zero-order valence-electron chi connectivity index (χ0n) is 33.7. The molecular weight excluding hydrogens is 724 g/mol. The van der Waals surface area contributed by atoms with Gasteiger partial charge in [-0.2, -0.15) is 0 Å². The number of fused-ring (bicyclic) bond motifs is 1. The van der Waals surface area contributed by atoms with Gasteiger partial charge in [-0.25, -0.2) is 9.69 Å². The summed E-state index contributed by atoms with van der Waals surface area (Å²) in [6.45, 7) is 15.0. The molecular formula is C46H51ClN4O5. The van der Waals surface area contributed by atoms with Crippen molar-refractivity contribution >= 4 is 57.5 Å². The number of aryl methyl sites for hydroxylation is 1. The van der Waals surface area contributed by atoms with Gasteiger partial charge in [0.15, 0.2) is 17.9 Å². The van der Waals surface area contributed by atoms with Crippen molar-refractivity contribution in [2.45, 2.75) is 90.7 Å². The molecule has 0 aliphatic carbocycles. The second kappa shape index (κ2) is 15.6. The molecule has 56 heavy (non-hydrogen) atoms. The van der Waals surface area contributed by atoms with Gasteiger partial charge in [-0.15, -0.1) is 0 Å². The minimum atomic E-state index is -1.45. The average Bonchev–Trinajstić information content (AvgIpc) is 3.61. The van der Waals surface area contributed by atoms with Crippen LogP contribution in [0, 0.1) is 0 Å². The highest BCUT2D eigenvalue weighted by molar-refractivity contribution is 6.38. The number of likely N-dealkylation sites (N-methyl/N-ethyl adjacent to an activating group) is 1. The van der Waals surface area contributed by atoms with E-state index in [1.165, 1.54) is 24.7 Å². The number of imide groups is 1. The number of nitrogens with one attached hydrogen (secondary N) is 1. The van der Waals surface area contributed by atoms with Crippen LogP contribution in [0.15, 0.2) is 91.0 Å². The third kappa shape index (κ3) is 7.20. The standard InChI is InChI=1S/C46H51ClN4O5/c1-10-36(56-37-25-22-29(45(4,5)11-2)26-32(37)46(6,7)12-3)42(53)48-30-23-24-33(47)35(27-30)51-43(54)40(50(9)44(51)55)41(52)38-31-20-16-17-21-34(31)49(8)39(38)28-18-14-13-15-19-28/h13-27,36,40H,10-12H2,1-9H3,(H,48,53). The van der Waals surface area contributed by atoms with Crippen molar-refractivity contribution in [3.05, 3.63) is 113 Å². The fourth-order valence-electron chi connectivity index (χ4n) is 7.31. The summed E-state index contributed by atoms with van der Waals surface area (Å²) in [6.07, 6.45) is 1.40. The van der Waals surface area contributed by atoms with Crippen LogP contribution in [0.3, 0.4) is 0 Å². The molecule has 1 aromatic heterocycles. The summed E-state index contributed by atoms with van der Waals surface area (Å²) in [5.41, 5.74) is 5.00. The fourth-order valence-corrected chi connectivity index (χ4v) is 7.51. The molecule has 2 heterocycles. The largest absolute Gasteiger partial charge is 0.480 e. The highest BCUT2D eigenvalue weighted by Gasteiger charge is 2.50. The van der Waals surface area contributed by atoms with Crippen LogP contribution in [0.4, 0.5) is 16.2 Å². The number of carbonyl (C=O) groups is 4. The maximum Gasteiger partial charge on any atom is 0.332 e. The monoisotopic (exact) mass is 774 g/mol. The second-order valence-electron chi connectivity index (χ2n) is 15.9. The molecule has 0 radical (unpaired) electrons. The highest BCUT2D eigenvalue weighted by atomic mass is 35.5. The van der Waals surface area contributed by atoms with Crippen LogP contribution in [0.2, 0.25) is 5.02 Å². The van der Waals surface area contributed by atoms with Crippen LogP contribution < -0.4 is 15.0 Å². The molecule has 6 rings (SSSR count).